The number of nitrogens with zero attached hydrogens (tertiary/aromatic N) is 1. The molecule has 0 fully saturated rings. The van der Waals surface area contributed by atoms with Crippen LogP contribution in [0.15, 0.2) is 47.6 Å². The molecule has 1 heterocycles. The van der Waals surface area contributed by atoms with Gasteiger partial charge in [-0.05, 0) is 43.0 Å². The van der Waals surface area contributed by atoms with Gasteiger partial charge >= 0.3 is 0 Å². The Morgan fingerprint density at radius 2 is 2.00 bits per heavy atom. The summed E-state index contributed by atoms with van der Waals surface area (Å²) in [5.41, 5.74) is 4.36. The Kier molecular flexibility index (Phi) is 6.22. The van der Waals surface area contributed by atoms with E-state index in [2.05, 4.69) is 29.7 Å². The van der Waals surface area contributed by atoms with E-state index in [1.807, 2.05) is 25.1 Å². The van der Waals surface area contributed by atoms with Crippen molar-refractivity contribution in [1.82, 2.24) is 5.43 Å². The summed E-state index contributed by atoms with van der Waals surface area (Å²) in [6.45, 7) is 7.63. The van der Waals surface area contributed by atoms with Crippen molar-refractivity contribution in [3.05, 3.63) is 59.2 Å². The molecule has 1 aliphatic heterocycles. The number of ether oxygens (including phenoxy) is 1. The Hall–Kier alpha value is -3.19. The molecule has 3 N–H and O–H groups in total. The number of amides is 2. The highest BCUT2D eigenvalue weighted by atomic mass is 16.5. The standard InChI is InChI=1S/C23H27N3O4/c1-14(2)17-9-10-20(15(3)11-17)30-13-21(27)26-25-16(4)12-23(29)18-7-5-6-8-19(18)24-22(23)28/h5-11,14,29H,12-13H2,1-4H3,(H,24,28)(H,26,27)/b25-16-/t23-/m0/s1. The van der Waals surface area contributed by atoms with Gasteiger partial charge in [-0.15, -0.1) is 0 Å². The lowest BCUT2D eigenvalue weighted by atomic mass is 9.90. The highest BCUT2D eigenvalue weighted by Crippen LogP contribution is 2.38. The fraction of sp³-hybridized carbons (Fsp3) is 0.348. The SMILES string of the molecule is C/C(C[C@@]1(O)C(=O)Nc2ccccc21)=N/NC(=O)COc1ccc(C(C)C)cc1C. The van der Waals surface area contributed by atoms with Crippen LogP contribution in [0, 0.1) is 6.92 Å². The number of aliphatic hydroxyl groups is 1. The number of hydrogen-bond donors (Lipinski definition) is 3. The zero-order valence-electron chi connectivity index (χ0n) is 17.7. The topological polar surface area (TPSA) is 100 Å². The second-order valence-corrected chi connectivity index (χ2v) is 7.89. The van der Waals surface area contributed by atoms with Crippen LogP contribution >= 0.6 is 0 Å². The molecular formula is C23H27N3O4. The second kappa shape index (κ2) is 8.67. The van der Waals surface area contributed by atoms with Gasteiger partial charge in [-0.1, -0.05) is 44.2 Å². The smallest absolute Gasteiger partial charge is 0.277 e. The normalized spacial score (nSPS) is 18.2. The first-order valence-corrected chi connectivity index (χ1v) is 9.89. The van der Waals surface area contributed by atoms with Crippen molar-refractivity contribution in [3.8, 4) is 5.75 Å². The van der Waals surface area contributed by atoms with Crippen LogP contribution in [0.5, 0.6) is 5.75 Å². The zero-order valence-corrected chi connectivity index (χ0v) is 17.7. The number of rotatable bonds is 7. The van der Waals surface area contributed by atoms with Crippen molar-refractivity contribution in [2.75, 3.05) is 11.9 Å². The molecule has 30 heavy (non-hydrogen) atoms. The van der Waals surface area contributed by atoms with Gasteiger partial charge < -0.3 is 15.2 Å². The fourth-order valence-electron chi connectivity index (χ4n) is 3.41. The lowest BCUT2D eigenvalue weighted by Crippen LogP contribution is -2.36. The van der Waals surface area contributed by atoms with Crippen molar-refractivity contribution in [3.63, 3.8) is 0 Å². The molecule has 7 heteroatoms. The Bertz CT molecular complexity index is 1000. The molecule has 7 nitrogen and oxygen atoms in total. The van der Waals surface area contributed by atoms with E-state index in [9.17, 15) is 14.7 Å². The molecule has 0 spiro atoms. The van der Waals surface area contributed by atoms with E-state index in [-0.39, 0.29) is 13.0 Å². The molecule has 0 saturated carbocycles. The van der Waals surface area contributed by atoms with Crippen LogP contribution in [0.2, 0.25) is 0 Å². The first kappa shape index (κ1) is 21.5. The van der Waals surface area contributed by atoms with E-state index in [1.54, 1.807) is 31.2 Å². The molecule has 2 aromatic carbocycles. The minimum atomic E-state index is -1.71. The largest absolute Gasteiger partial charge is 0.483 e. The molecule has 1 aliphatic rings. The number of hydrogen-bond acceptors (Lipinski definition) is 5. The van der Waals surface area contributed by atoms with Gasteiger partial charge in [0.15, 0.2) is 12.2 Å². The van der Waals surface area contributed by atoms with E-state index in [0.29, 0.717) is 28.6 Å². The Balaban J connectivity index is 1.57. The van der Waals surface area contributed by atoms with Crippen LogP contribution in [0.1, 0.15) is 49.8 Å². The maximum Gasteiger partial charge on any atom is 0.277 e. The van der Waals surface area contributed by atoms with Crippen LogP contribution in [-0.4, -0.2) is 29.2 Å². The maximum atomic E-state index is 12.3. The van der Waals surface area contributed by atoms with Gasteiger partial charge in [0.05, 0.1) is 0 Å². The number of hydrazone groups is 1. The van der Waals surface area contributed by atoms with Crippen LogP contribution in [0.3, 0.4) is 0 Å². The first-order valence-electron chi connectivity index (χ1n) is 9.89. The third-order valence-corrected chi connectivity index (χ3v) is 5.10. The summed E-state index contributed by atoms with van der Waals surface area (Å²) >= 11 is 0. The fourth-order valence-corrected chi connectivity index (χ4v) is 3.41. The highest BCUT2D eigenvalue weighted by Gasteiger charge is 2.45. The summed E-state index contributed by atoms with van der Waals surface area (Å²) in [6, 6.07) is 12.9. The summed E-state index contributed by atoms with van der Waals surface area (Å²) in [5.74, 6) is 0.129. The zero-order chi connectivity index (χ0) is 21.9. The molecular weight excluding hydrogens is 382 g/mol. The number of nitrogens with one attached hydrogen (secondary N) is 2. The minimum Gasteiger partial charge on any atom is -0.483 e. The van der Waals surface area contributed by atoms with Crippen molar-refractivity contribution in [2.24, 2.45) is 5.10 Å². The molecule has 0 saturated heterocycles. The Labute approximate surface area is 176 Å². The minimum absolute atomic E-state index is 0.0350. The van der Waals surface area contributed by atoms with E-state index in [0.717, 1.165) is 5.56 Å². The Morgan fingerprint density at radius 1 is 1.27 bits per heavy atom. The second-order valence-electron chi connectivity index (χ2n) is 7.89. The molecule has 2 amide bonds. The van der Waals surface area contributed by atoms with E-state index in [4.69, 9.17) is 4.74 Å². The van der Waals surface area contributed by atoms with Gasteiger partial charge in [0.1, 0.15) is 5.75 Å². The number of fused-ring (bicyclic) bond motifs is 1. The van der Waals surface area contributed by atoms with Crippen molar-refractivity contribution >= 4 is 23.2 Å². The van der Waals surface area contributed by atoms with Gasteiger partial charge in [-0.2, -0.15) is 5.10 Å². The van der Waals surface area contributed by atoms with Gasteiger partial charge in [0, 0.05) is 23.4 Å². The van der Waals surface area contributed by atoms with E-state index >= 15 is 0 Å². The summed E-state index contributed by atoms with van der Waals surface area (Å²) in [7, 11) is 0. The number of aryl methyl sites for hydroxylation is 1. The molecule has 1 atom stereocenters. The predicted molar refractivity (Wildman–Crippen MR) is 116 cm³/mol. The molecule has 0 aromatic heterocycles. The number of carbonyl (C=O) groups excluding carboxylic acids is 2. The van der Waals surface area contributed by atoms with Crippen LogP contribution in [0.4, 0.5) is 5.69 Å². The average Bonchev–Trinajstić information content (AvgIpc) is 2.95. The predicted octanol–water partition coefficient (Wildman–Crippen LogP) is 3.22. The van der Waals surface area contributed by atoms with Crippen LogP contribution in [-0.2, 0) is 15.2 Å². The van der Waals surface area contributed by atoms with Crippen molar-refractivity contribution in [1.29, 1.82) is 0 Å². The Morgan fingerprint density at radius 3 is 2.70 bits per heavy atom. The quantitative estimate of drug-likeness (QED) is 0.483. The van der Waals surface area contributed by atoms with Crippen molar-refractivity contribution in [2.45, 2.75) is 45.6 Å². The van der Waals surface area contributed by atoms with Gasteiger partial charge in [0.25, 0.3) is 11.8 Å². The molecule has 0 radical (unpaired) electrons. The molecule has 158 valence electrons. The third-order valence-electron chi connectivity index (χ3n) is 5.10. The van der Waals surface area contributed by atoms with Crippen LogP contribution in [0.25, 0.3) is 0 Å². The lowest BCUT2D eigenvalue weighted by molar-refractivity contribution is -0.132. The molecule has 0 bridgehead atoms. The van der Waals surface area contributed by atoms with Gasteiger partial charge in [-0.3, -0.25) is 9.59 Å². The summed E-state index contributed by atoms with van der Waals surface area (Å²) in [4.78, 5) is 24.4. The summed E-state index contributed by atoms with van der Waals surface area (Å²) in [6.07, 6.45) is -0.0350. The van der Waals surface area contributed by atoms with E-state index < -0.39 is 17.4 Å². The number of carbonyl (C=O) groups is 2. The van der Waals surface area contributed by atoms with E-state index in [1.165, 1.54) is 5.56 Å². The highest BCUT2D eigenvalue weighted by molar-refractivity contribution is 6.07. The van der Waals surface area contributed by atoms with Crippen LogP contribution < -0.4 is 15.5 Å². The summed E-state index contributed by atoms with van der Waals surface area (Å²) in [5, 5.41) is 17.5. The molecule has 0 aliphatic carbocycles. The average molecular weight is 409 g/mol. The van der Waals surface area contributed by atoms with Crippen molar-refractivity contribution < 1.29 is 19.4 Å². The first-order chi connectivity index (χ1) is 14.2. The molecule has 3 rings (SSSR count). The monoisotopic (exact) mass is 409 g/mol. The molecule has 2 aromatic rings. The summed E-state index contributed by atoms with van der Waals surface area (Å²) < 4.78 is 5.59. The maximum absolute atomic E-state index is 12.3. The van der Waals surface area contributed by atoms with Gasteiger partial charge in [-0.25, -0.2) is 5.43 Å². The van der Waals surface area contributed by atoms with Gasteiger partial charge in [0.2, 0.25) is 0 Å². The molecule has 0 unspecified atom stereocenters. The lowest BCUT2D eigenvalue weighted by Gasteiger charge is -2.20. The third kappa shape index (κ3) is 4.52. The number of benzene rings is 2. The number of para-hydroxylation sites is 1. The number of anilines is 1.